The summed E-state index contributed by atoms with van der Waals surface area (Å²) in [6.45, 7) is 0. The molecule has 0 aromatic carbocycles. The summed E-state index contributed by atoms with van der Waals surface area (Å²) in [4.78, 5) is 21.6. The third kappa shape index (κ3) is 230. The summed E-state index contributed by atoms with van der Waals surface area (Å²) in [5, 5.41) is 0. The van der Waals surface area contributed by atoms with Crippen LogP contribution in [0.5, 0.6) is 0 Å². The van der Waals surface area contributed by atoms with Gasteiger partial charge in [-0.2, -0.15) is 0 Å². The van der Waals surface area contributed by atoms with Gasteiger partial charge < -0.3 is 26.3 Å². The van der Waals surface area contributed by atoms with Gasteiger partial charge in [0.25, 0.3) is 0 Å². The zero-order valence-electron chi connectivity index (χ0n) is 3.40. The summed E-state index contributed by atoms with van der Waals surface area (Å²) in [5.74, 6) is 0. The van der Waals surface area contributed by atoms with Crippen LogP contribution in [0.1, 0.15) is 0 Å². The predicted octanol–water partition coefficient (Wildman–Crippen LogP) is -3.54. The molecule has 0 saturated carbocycles. The van der Waals surface area contributed by atoms with Gasteiger partial charge in [0, 0.05) is 0 Å². The standard InChI is InChI=1S/3Li.H3N.H3O4P.H2O.3H/c;;;;1-5(2,3)4;;;;/h;;;1H3;(H3,1,2,3,4);1H2;;;. The van der Waals surface area contributed by atoms with Crippen LogP contribution in [0.2, 0.25) is 0 Å². The quantitative estimate of drug-likeness (QED) is 0.212. The Morgan fingerprint density at radius 1 is 0.900 bits per heavy atom. The van der Waals surface area contributed by atoms with Crippen LogP contribution in [0.25, 0.3) is 0 Å². The van der Waals surface area contributed by atoms with Crippen molar-refractivity contribution in [2.24, 2.45) is 0 Å². The molecule has 0 aromatic rings. The molecule has 0 spiro atoms. The predicted molar refractivity (Wildman–Crippen MR) is 44.3 cm³/mol. The molecule has 0 rings (SSSR count). The fourth-order valence-corrected chi connectivity index (χ4v) is 0. The molecule has 6 nitrogen and oxygen atoms in total. The molecule has 0 radical (unpaired) electrons. The molecule has 0 unspecified atom stereocenters. The molecule has 0 aliphatic rings. The second kappa shape index (κ2) is 17.1. The molecule has 0 saturated heterocycles. The molecule has 0 heterocycles. The van der Waals surface area contributed by atoms with Crippen LogP contribution in [-0.4, -0.2) is 76.7 Å². The van der Waals surface area contributed by atoms with Crippen LogP contribution in [0, 0.1) is 0 Å². The van der Waals surface area contributed by atoms with Gasteiger partial charge in [-0.25, -0.2) is 4.57 Å². The summed E-state index contributed by atoms with van der Waals surface area (Å²) < 4.78 is 8.88. The topological polar surface area (TPSA) is 144 Å². The molecule has 0 atom stereocenters. The van der Waals surface area contributed by atoms with Crippen LogP contribution >= 0.6 is 7.82 Å². The molecular formula is H11Li3NO5P. The maximum absolute atomic E-state index is 8.88. The van der Waals surface area contributed by atoms with Crippen molar-refractivity contribution in [3.63, 3.8) is 0 Å². The second-order valence-electron chi connectivity index (χ2n) is 0.513. The summed E-state index contributed by atoms with van der Waals surface area (Å²) in [5.41, 5.74) is 0. The van der Waals surface area contributed by atoms with Crippen LogP contribution in [0.3, 0.4) is 0 Å². The molecule has 0 aromatic heterocycles. The number of hydrogen-bond acceptors (Lipinski definition) is 2. The van der Waals surface area contributed by atoms with Crippen LogP contribution < -0.4 is 6.15 Å². The Morgan fingerprint density at radius 2 is 0.900 bits per heavy atom. The number of hydrogen-bond donors (Lipinski definition) is 4. The van der Waals surface area contributed by atoms with Gasteiger partial charge in [-0.1, -0.05) is 0 Å². The van der Waals surface area contributed by atoms with Gasteiger partial charge in [-0.3, -0.25) is 0 Å². The van der Waals surface area contributed by atoms with E-state index in [1.165, 1.54) is 0 Å². The van der Waals surface area contributed by atoms with E-state index in [9.17, 15) is 0 Å². The van der Waals surface area contributed by atoms with E-state index in [1.54, 1.807) is 0 Å². The SMILES string of the molecule is N.O.O=P(O)(O)O.[LiH].[LiH].[LiH]. The Labute approximate surface area is 94.8 Å². The molecule has 0 bridgehead atoms. The molecule has 0 amide bonds. The number of phosphoric acid groups is 1. The summed E-state index contributed by atoms with van der Waals surface area (Å²) in [6.07, 6.45) is 0. The Bertz CT molecular complexity index is 63.0. The van der Waals surface area contributed by atoms with Crippen molar-refractivity contribution < 1.29 is 24.7 Å². The molecule has 10 heavy (non-hydrogen) atoms. The molecular weight excluding hydrogens is 146 g/mol. The maximum atomic E-state index is 8.88. The van der Waals surface area contributed by atoms with E-state index in [4.69, 9.17) is 19.2 Å². The van der Waals surface area contributed by atoms with Crippen LogP contribution in [0.15, 0.2) is 0 Å². The van der Waals surface area contributed by atoms with E-state index in [-0.39, 0.29) is 68.2 Å². The van der Waals surface area contributed by atoms with E-state index in [2.05, 4.69) is 0 Å². The van der Waals surface area contributed by atoms with E-state index in [0.717, 1.165) is 0 Å². The zero-order valence-corrected chi connectivity index (χ0v) is 4.30. The Kier molecular flexibility index (Phi) is 69.7. The van der Waals surface area contributed by atoms with Gasteiger partial charge in [0.15, 0.2) is 0 Å². The normalized spacial score (nSPS) is 5.90. The minimum absolute atomic E-state index is 0. The first-order valence-electron chi connectivity index (χ1n) is 0.783. The van der Waals surface area contributed by atoms with Crippen molar-refractivity contribution in [3.05, 3.63) is 0 Å². The Morgan fingerprint density at radius 3 is 0.900 bits per heavy atom. The van der Waals surface area contributed by atoms with Crippen molar-refractivity contribution >= 4 is 64.4 Å². The average Bonchev–Trinajstić information content (AvgIpc) is 0.722. The van der Waals surface area contributed by atoms with Gasteiger partial charge in [0.2, 0.25) is 0 Å². The minimum atomic E-state index is -4.64. The Hall–Kier alpha value is 1.82. The van der Waals surface area contributed by atoms with Crippen LogP contribution in [-0.2, 0) is 4.57 Å². The van der Waals surface area contributed by atoms with E-state index in [0.29, 0.717) is 0 Å². The molecule has 0 aliphatic carbocycles. The third-order valence-electron chi connectivity index (χ3n) is 0. The van der Waals surface area contributed by atoms with Crippen molar-refractivity contribution in [3.8, 4) is 0 Å². The third-order valence-corrected chi connectivity index (χ3v) is 0. The van der Waals surface area contributed by atoms with Crippen molar-refractivity contribution in [1.29, 1.82) is 0 Å². The monoisotopic (exact) mass is 157 g/mol. The average molecular weight is 157 g/mol. The first kappa shape index (κ1) is 40.8. The van der Waals surface area contributed by atoms with Gasteiger partial charge >= 0.3 is 64.4 Å². The van der Waals surface area contributed by atoms with E-state index >= 15 is 0 Å². The summed E-state index contributed by atoms with van der Waals surface area (Å²) in [6, 6.07) is 0. The fraction of sp³-hybridized carbons (Fsp3) is 0. The van der Waals surface area contributed by atoms with Crippen molar-refractivity contribution in [2.45, 2.75) is 0 Å². The second-order valence-corrected chi connectivity index (χ2v) is 1.54. The molecule has 0 aliphatic heterocycles. The van der Waals surface area contributed by atoms with Gasteiger partial charge in [-0.05, 0) is 0 Å². The molecule has 54 valence electrons. The van der Waals surface area contributed by atoms with Crippen molar-refractivity contribution in [1.82, 2.24) is 6.15 Å². The fourth-order valence-electron chi connectivity index (χ4n) is 0. The summed E-state index contributed by atoms with van der Waals surface area (Å²) in [7, 11) is -4.64. The number of rotatable bonds is 0. The summed E-state index contributed by atoms with van der Waals surface area (Å²) >= 11 is 0. The Balaban J connectivity index is -0.00000000800. The molecule has 10 heteroatoms. The van der Waals surface area contributed by atoms with Gasteiger partial charge in [0.1, 0.15) is 0 Å². The first-order chi connectivity index (χ1) is 2.00. The van der Waals surface area contributed by atoms with Gasteiger partial charge in [0.05, 0.1) is 0 Å². The van der Waals surface area contributed by atoms with Crippen molar-refractivity contribution in [2.75, 3.05) is 0 Å². The van der Waals surface area contributed by atoms with Crippen LogP contribution in [0.4, 0.5) is 0 Å². The van der Waals surface area contributed by atoms with E-state index in [1.807, 2.05) is 0 Å². The molecule has 8 N–H and O–H groups in total. The van der Waals surface area contributed by atoms with Gasteiger partial charge in [-0.15, -0.1) is 0 Å². The van der Waals surface area contributed by atoms with E-state index < -0.39 is 7.82 Å². The molecule has 0 fully saturated rings. The zero-order chi connectivity index (χ0) is 4.50. The first-order valence-corrected chi connectivity index (χ1v) is 2.35.